The number of hydrogen-bond acceptors (Lipinski definition) is 2. The van der Waals surface area contributed by atoms with Gasteiger partial charge in [0, 0.05) is 4.47 Å². The molecule has 1 aromatic carbocycles. The van der Waals surface area contributed by atoms with E-state index in [4.69, 9.17) is 5.73 Å². The van der Waals surface area contributed by atoms with Gasteiger partial charge in [0.1, 0.15) is 0 Å². The molecule has 0 fully saturated rings. The zero-order chi connectivity index (χ0) is 11.4. The lowest BCUT2D eigenvalue weighted by Gasteiger charge is -2.06. The van der Waals surface area contributed by atoms with Gasteiger partial charge in [-0.05, 0) is 35.0 Å². The van der Waals surface area contributed by atoms with Gasteiger partial charge in [-0.1, -0.05) is 23.8 Å². The molecule has 1 amide bonds. The zero-order valence-electron chi connectivity index (χ0n) is 8.21. The lowest BCUT2D eigenvalue weighted by molar-refractivity contribution is 0.0958. The third-order valence-electron chi connectivity index (χ3n) is 1.79. The minimum Gasteiger partial charge on any atom is -0.392 e. The molecule has 0 atom stereocenters. The molecule has 1 aromatic rings. The summed E-state index contributed by atoms with van der Waals surface area (Å²) >= 11 is 7.99. The summed E-state index contributed by atoms with van der Waals surface area (Å²) < 4.78 is 0.758. The number of thiocarbonyl (C=S) groups is 1. The lowest BCUT2D eigenvalue weighted by atomic mass is 10.1. The predicted octanol–water partition coefficient (Wildman–Crippen LogP) is 1.77. The average molecular weight is 287 g/mol. The summed E-state index contributed by atoms with van der Waals surface area (Å²) in [4.78, 5) is 11.9. The first-order valence-corrected chi connectivity index (χ1v) is 5.53. The van der Waals surface area contributed by atoms with Gasteiger partial charge in [-0.3, -0.25) is 4.79 Å². The summed E-state index contributed by atoms with van der Waals surface area (Å²) in [7, 11) is 0. The molecular formula is C10H11BrN2OS. The van der Waals surface area contributed by atoms with Crippen molar-refractivity contribution in [3.05, 3.63) is 33.8 Å². The molecule has 5 heteroatoms. The Bertz CT molecular complexity index is 406. The second kappa shape index (κ2) is 5.23. The molecular weight excluding hydrogens is 276 g/mol. The molecule has 0 aliphatic rings. The summed E-state index contributed by atoms with van der Waals surface area (Å²) in [5.41, 5.74) is 6.91. The van der Waals surface area contributed by atoms with Crippen molar-refractivity contribution in [3.63, 3.8) is 0 Å². The Kier molecular flexibility index (Phi) is 4.23. The standard InChI is InChI=1S/C10H11BrN2OS/c1-6-2-3-8(11)7(4-6)10(14)13-5-9(12)15/h2-4H,5H2,1H3,(H2,12,15)(H,13,14). The molecule has 0 unspecified atom stereocenters. The van der Waals surface area contributed by atoms with E-state index >= 15 is 0 Å². The van der Waals surface area contributed by atoms with Crippen LogP contribution in [0.15, 0.2) is 22.7 Å². The smallest absolute Gasteiger partial charge is 0.252 e. The van der Waals surface area contributed by atoms with Gasteiger partial charge in [-0.25, -0.2) is 0 Å². The number of amides is 1. The topological polar surface area (TPSA) is 55.1 Å². The maximum absolute atomic E-state index is 11.7. The van der Waals surface area contributed by atoms with Crippen LogP contribution in [0.25, 0.3) is 0 Å². The van der Waals surface area contributed by atoms with Gasteiger partial charge in [0.05, 0.1) is 17.1 Å². The minimum absolute atomic E-state index is 0.182. The minimum atomic E-state index is -0.182. The van der Waals surface area contributed by atoms with Crippen LogP contribution < -0.4 is 11.1 Å². The fraction of sp³-hybridized carbons (Fsp3) is 0.200. The van der Waals surface area contributed by atoms with Crippen LogP contribution in [-0.2, 0) is 0 Å². The molecule has 3 N–H and O–H groups in total. The number of carbonyl (C=O) groups excluding carboxylic acids is 1. The van der Waals surface area contributed by atoms with Gasteiger partial charge in [0.25, 0.3) is 5.91 Å². The molecule has 3 nitrogen and oxygen atoms in total. The number of hydrogen-bond donors (Lipinski definition) is 2. The Morgan fingerprint density at radius 3 is 2.87 bits per heavy atom. The summed E-state index contributed by atoms with van der Waals surface area (Å²) in [6, 6.07) is 5.57. The van der Waals surface area contributed by atoms with Gasteiger partial charge >= 0.3 is 0 Å². The molecule has 15 heavy (non-hydrogen) atoms. The van der Waals surface area contributed by atoms with Crippen molar-refractivity contribution in [2.24, 2.45) is 5.73 Å². The van der Waals surface area contributed by atoms with E-state index in [1.807, 2.05) is 19.1 Å². The largest absolute Gasteiger partial charge is 0.392 e. The van der Waals surface area contributed by atoms with Crippen molar-refractivity contribution < 1.29 is 4.79 Å². The van der Waals surface area contributed by atoms with Crippen LogP contribution >= 0.6 is 28.1 Å². The quantitative estimate of drug-likeness (QED) is 0.833. The predicted molar refractivity (Wildman–Crippen MR) is 68.0 cm³/mol. The Labute approximate surface area is 102 Å². The molecule has 0 bridgehead atoms. The molecule has 0 saturated heterocycles. The Hall–Kier alpha value is -0.940. The molecule has 0 aliphatic heterocycles. The number of nitrogens with two attached hydrogens (primary N) is 1. The highest BCUT2D eigenvalue weighted by atomic mass is 79.9. The van der Waals surface area contributed by atoms with Crippen LogP contribution in [0.3, 0.4) is 0 Å². The molecule has 0 aromatic heterocycles. The second-order valence-electron chi connectivity index (χ2n) is 3.13. The third-order valence-corrected chi connectivity index (χ3v) is 2.63. The molecule has 80 valence electrons. The highest BCUT2D eigenvalue weighted by Crippen LogP contribution is 2.17. The molecule has 0 spiro atoms. The molecule has 0 saturated carbocycles. The van der Waals surface area contributed by atoms with Gasteiger partial charge in [-0.2, -0.15) is 0 Å². The van der Waals surface area contributed by atoms with E-state index in [-0.39, 0.29) is 17.4 Å². The number of carbonyl (C=O) groups is 1. The van der Waals surface area contributed by atoms with Crippen molar-refractivity contribution in [1.82, 2.24) is 5.32 Å². The van der Waals surface area contributed by atoms with Crippen molar-refractivity contribution in [2.75, 3.05) is 6.54 Å². The number of benzene rings is 1. The lowest BCUT2D eigenvalue weighted by Crippen LogP contribution is -2.32. The van der Waals surface area contributed by atoms with Gasteiger partial charge in [0.15, 0.2) is 0 Å². The Morgan fingerprint density at radius 1 is 1.60 bits per heavy atom. The van der Waals surface area contributed by atoms with Crippen LogP contribution in [0.5, 0.6) is 0 Å². The van der Waals surface area contributed by atoms with E-state index in [1.165, 1.54) is 0 Å². The Morgan fingerprint density at radius 2 is 2.27 bits per heavy atom. The Balaban J connectivity index is 2.81. The molecule has 0 heterocycles. The maximum atomic E-state index is 11.7. The average Bonchev–Trinajstić information content (AvgIpc) is 2.18. The normalized spacial score (nSPS) is 9.73. The van der Waals surface area contributed by atoms with Gasteiger partial charge < -0.3 is 11.1 Å². The van der Waals surface area contributed by atoms with Crippen molar-refractivity contribution in [3.8, 4) is 0 Å². The van der Waals surface area contributed by atoms with E-state index in [2.05, 4.69) is 33.5 Å². The first kappa shape index (κ1) is 12.1. The fourth-order valence-corrected chi connectivity index (χ4v) is 1.57. The van der Waals surface area contributed by atoms with Crippen LogP contribution in [0, 0.1) is 6.92 Å². The van der Waals surface area contributed by atoms with Crippen molar-refractivity contribution in [1.29, 1.82) is 0 Å². The number of rotatable bonds is 3. The van der Waals surface area contributed by atoms with Gasteiger partial charge in [-0.15, -0.1) is 0 Å². The third kappa shape index (κ3) is 3.60. The van der Waals surface area contributed by atoms with Crippen molar-refractivity contribution >= 4 is 39.0 Å². The maximum Gasteiger partial charge on any atom is 0.252 e. The van der Waals surface area contributed by atoms with Crippen LogP contribution in [0.4, 0.5) is 0 Å². The summed E-state index contributed by atoms with van der Waals surface area (Å²) in [6.45, 7) is 2.14. The highest BCUT2D eigenvalue weighted by molar-refractivity contribution is 9.10. The zero-order valence-corrected chi connectivity index (χ0v) is 10.6. The monoisotopic (exact) mass is 286 g/mol. The van der Waals surface area contributed by atoms with E-state index in [9.17, 15) is 4.79 Å². The van der Waals surface area contributed by atoms with Crippen LogP contribution in [0.1, 0.15) is 15.9 Å². The summed E-state index contributed by atoms with van der Waals surface area (Å²) in [5, 5.41) is 2.63. The van der Waals surface area contributed by atoms with E-state index in [0.29, 0.717) is 5.56 Å². The van der Waals surface area contributed by atoms with E-state index in [1.54, 1.807) is 6.07 Å². The summed E-state index contributed by atoms with van der Waals surface area (Å²) in [6.07, 6.45) is 0. The fourth-order valence-electron chi connectivity index (χ4n) is 1.08. The number of halogens is 1. The van der Waals surface area contributed by atoms with Crippen LogP contribution in [-0.4, -0.2) is 17.4 Å². The first-order valence-electron chi connectivity index (χ1n) is 4.33. The van der Waals surface area contributed by atoms with Crippen molar-refractivity contribution in [2.45, 2.75) is 6.92 Å². The van der Waals surface area contributed by atoms with Crippen LogP contribution in [0.2, 0.25) is 0 Å². The SMILES string of the molecule is Cc1ccc(Br)c(C(=O)NCC(N)=S)c1. The van der Waals surface area contributed by atoms with E-state index < -0.39 is 0 Å². The highest BCUT2D eigenvalue weighted by Gasteiger charge is 2.09. The number of aryl methyl sites for hydroxylation is 1. The second-order valence-corrected chi connectivity index (χ2v) is 4.51. The molecule has 0 radical (unpaired) electrons. The molecule has 0 aliphatic carbocycles. The van der Waals surface area contributed by atoms with Gasteiger partial charge in [0.2, 0.25) is 0 Å². The van der Waals surface area contributed by atoms with E-state index in [0.717, 1.165) is 10.0 Å². The number of nitrogens with one attached hydrogen (secondary N) is 1. The summed E-state index contributed by atoms with van der Waals surface area (Å²) in [5.74, 6) is -0.182. The molecule has 1 rings (SSSR count). The first-order chi connectivity index (χ1) is 7.00.